The maximum Gasteiger partial charge on any atom is 0.296 e. The normalized spacial score (nSPS) is 14.4. The minimum atomic E-state index is -0.555. The summed E-state index contributed by atoms with van der Waals surface area (Å²) >= 11 is 4.08. The van der Waals surface area contributed by atoms with Crippen LogP contribution < -0.4 is 5.32 Å². The molecule has 1 aliphatic rings. The number of fused-ring (bicyclic) bond motifs is 1. The number of rotatable bonds is 2. The number of carbonyl (C=O) groups excluding carboxylic acids is 2. The zero-order valence-corrected chi connectivity index (χ0v) is 9.67. The monoisotopic (exact) mass is 233 g/mol. The lowest BCUT2D eigenvalue weighted by molar-refractivity contribution is -0.112. The highest BCUT2D eigenvalue weighted by Gasteiger charge is 2.30. The van der Waals surface area contributed by atoms with E-state index in [9.17, 15) is 9.59 Å². The van der Waals surface area contributed by atoms with Crippen LogP contribution >= 0.6 is 12.6 Å². The van der Waals surface area contributed by atoms with Crippen LogP contribution in [-0.4, -0.2) is 17.4 Å². The summed E-state index contributed by atoms with van der Waals surface area (Å²) in [5.41, 5.74) is 2.85. The van der Waals surface area contributed by atoms with Gasteiger partial charge in [0.25, 0.3) is 11.7 Å². The first-order valence-electron chi connectivity index (χ1n) is 4.92. The summed E-state index contributed by atoms with van der Waals surface area (Å²) in [5, 5.41) is 2.55. The number of hydrogen-bond donors (Lipinski definition) is 2. The molecule has 0 fully saturated rings. The third-order valence-corrected chi connectivity index (χ3v) is 2.75. The van der Waals surface area contributed by atoms with E-state index in [0.717, 1.165) is 11.1 Å². The van der Waals surface area contributed by atoms with Crippen LogP contribution in [0.5, 0.6) is 0 Å². The van der Waals surface area contributed by atoms with Gasteiger partial charge in [-0.15, -0.1) is 0 Å². The van der Waals surface area contributed by atoms with Crippen LogP contribution in [0.4, 0.5) is 5.69 Å². The van der Waals surface area contributed by atoms with Gasteiger partial charge in [0.1, 0.15) is 0 Å². The van der Waals surface area contributed by atoms with Crippen molar-refractivity contribution in [3.63, 3.8) is 0 Å². The second-order valence-electron chi connectivity index (χ2n) is 3.59. The van der Waals surface area contributed by atoms with Crippen LogP contribution in [0.25, 0.3) is 6.08 Å². The van der Waals surface area contributed by atoms with Gasteiger partial charge in [-0.05, 0) is 24.1 Å². The van der Waals surface area contributed by atoms with Crippen LogP contribution in [0, 0.1) is 6.92 Å². The van der Waals surface area contributed by atoms with E-state index in [2.05, 4.69) is 17.9 Å². The zero-order chi connectivity index (χ0) is 11.7. The molecular weight excluding hydrogens is 222 g/mol. The lowest BCUT2D eigenvalue weighted by atomic mass is 9.98. The number of nitrogens with one attached hydrogen (secondary N) is 1. The molecule has 1 amide bonds. The number of Topliss-reactive ketones (excluding diaryl/α,β-unsaturated/α-hetero) is 1. The average Bonchev–Trinajstić information content (AvgIpc) is 2.55. The van der Waals surface area contributed by atoms with Crippen molar-refractivity contribution in [2.24, 2.45) is 0 Å². The minimum absolute atomic E-state index is 0.461. The van der Waals surface area contributed by atoms with Crippen LogP contribution in [0.15, 0.2) is 18.2 Å². The number of carbonyl (C=O) groups is 2. The smallest absolute Gasteiger partial charge is 0.296 e. The number of benzene rings is 1. The Balaban J connectivity index is 2.61. The summed E-state index contributed by atoms with van der Waals surface area (Å²) in [4.78, 5) is 22.9. The first-order chi connectivity index (χ1) is 7.65. The molecule has 1 N–H and O–H groups in total. The second-order valence-corrected chi connectivity index (χ2v) is 3.95. The molecule has 0 radical (unpaired) electrons. The molecule has 1 aromatic rings. The minimum Gasteiger partial charge on any atom is -0.318 e. The largest absolute Gasteiger partial charge is 0.318 e. The number of amides is 1. The predicted molar refractivity (Wildman–Crippen MR) is 67.0 cm³/mol. The van der Waals surface area contributed by atoms with Gasteiger partial charge in [0.05, 0.1) is 11.3 Å². The Kier molecular flexibility index (Phi) is 2.83. The van der Waals surface area contributed by atoms with Crippen molar-refractivity contribution in [2.75, 3.05) is 11.1 Å². The summed E-state index contributed by atoms with van der Waals surface area (Å²) in [6.45, 7) is 1.91. The molecule has 0 aromatic heterocycles. The van der Waals surface area contributed by atoms with Gasteiger partial charge in [-0.25, -0.2) is 0 Å². The topological polar surface area (TPSA) is 46.2 Å². The molecule has 4 heteroatoms. The molecule has 1 aliphatic heterocycles. The third-order valence-electron chi connectivity index (χ3n) is 2.53. The fourth-order valence-electron chi connectivity index (χ4n) is 1.75. The Morgan fingerprint density at radius 2 is 2.12 bits per heavy atom. The Bertz CT molecular complexity index is 506. The fourth-order valence-corrected chi connectivity index (χ4v) is 1.86. The summed E-state index contributed by atoms with van der Waals surface area (Å²) in [7, 11) is 0. The number of hydrogen-bond acceptors (Lipinski definition) is 3. The van der Waals surface area contributed by atoms with Crippen LogP contribution in [0.1, 0.15) is 21.5 Å². The van der Waals surface area contributed by atoms with Gasteiger partial charge < -0.3 is 5.32 Å². The number of aryl methyl sites for hydroxylation is 1. The zero-order valence-electron chi connectivity index (χ0n) is 8.78. The van der Waals surface area contributed by atoms with Gasteiger partial charge in [-0.1, -0.05) is 18.2 Å². The molecule has 3 nitrogen and oxygen atoms in total. The number of ketones is 1. The van der Waals surface area contributed by atoms with Gasteiger partial charge in [-0.2, -0.15) is 12.6 Å². The van der Waals surface area contributed by atoms with Gasteiger partial charge in [0.15, 0.2) is 0 Å². The first kappa shape index (κ1) is 11.0. The van der Waals surface area contributed by atoms with Crippen molar-refractivity contribution >= 4 is 36.1 Å². The van der Waals surface area contributed by atoms with Gasteiger partial charge >= 0.3 is 0 Å². The van der Waals surface area contributed by atoms with E-state index in [-0.39, 0.29) is 0 Å². The van der Waals surface area contributed by atoms with Crippen molar-refractivity contribution in [1.29, 1.82) is 0 Å². The van der Waals surface area contributed by atoms with Crippen molar-refractivity contribution in [1.82, 2.24) is 0 Å². The van der Waals surface area contributed by atoms with E-state index in [1.807, 2.05) is 25.1 Å². The molecule has 0 saturated heterocycles. The standard InChI is InChI=1S/C12H11NO2S/c1-7-4-5-9-10(8(7)3-2-6-16)11(14)12(15)13-9/h2-5,16H,6H2,1H3,(H,13,14,15). The summed E-state index contributed by atoms with van der Waals surface area (Å²) in [6, 6.07) is 3.64. The highest BCUT2D eigenvalue weighted by molar-refractivity contribution is 7.80. The molecule has 0 atom stereocenters. The van der Waals surface area contributed by atoms with E-state index in [0.29, 0.717) is 17.0 Å². The first-order valence-corrected chi connectivity index (χ1v) is 5.55. The Labute approximate surface area is 99.0 Å². The Hall–Kier alpha value is -1.55. The SMILES string of the molecule is Cc1ccc2c(c1C=CCS)C(=O)C(=O)N2. The van der Waals surface area contributed by atoms with Crippen LogP contribution in [0.3, 0.4) is 0 Å². The maximum atomic E-state index is 11.7. The second kappa shape index (κ2) is 4.14. The maximum absolute atomic E-state index is 11.7. The van der Waals surface area contributed by atoms with E-state index in [4.69, 9.17) is 0 Å². The van der Waals surface area contributed by atoms with Gasteiger partial charge in [0, 0.05) is 5.75 Å². The third kappa shape index (κ3) is 1.65. The molecule has 0 aliphatic carbocycles. The lowest BCUT2D eigenvalue weighted by Crippen LogP contribution is -2.13. The van der Waals surface area contributed by atoms with Crippen molar-refractivity contribution < 1.29 is 9.59 Å². The molecular formula is C12H11NO2S. The summed E-state index contributed by atoms with van der Waals surface area (Å²) in [5.74, 6) is -0.419. The Morgan fingerprint density at radius 1 is 1.38 bits per heavy atom. The van der Waals surface area contributed by atoms with Crippen molar-refractivity contribution in [3.05, 3.63) is 34.9 Å². The predicted octanol–water partition coefficient (Wildman–Crippen LogP) is 2.07. The molecule has 0 saturated carbocycles. The lowest BCUT2D eigenvalue weighted by Gasteiger charge is -2.05. The summed E-state index contributed by atoms with van der Waals surface area (Å²) in [6.07, 6.45) is 3.68. The molecule has 0 unspecified atom stereocenters. The molecule has 16 heavy (non-hydrogen) atoms. The highest BCUT2D eigenvalue weighted by Crippen LogP contribution is 2.29. The molecule has 1 heterocycles. The van der Waals surface area contributed by atoms with E-state index in [1.165, 1.54) is 0 Å². The van der Waals surface area contributed by atoms with E-state index in [1.54, 1.807) is 6.07 Å². The van der Waals surface area contributed by atoms with Gasteiger partial charge in [0.2, 0.25) is 0 Å². The summed E-state index contributed by atoms with van der Waals surface area (Å²) < 4.78 is 0. The number of thiol groups is 1. The molecule has 0 bridgehead atoms. The molecule has 1 aromatic carbocycles. The Morgan fingerprint density at radius 3 is 2.81 bits per heavy atom. The molecule has 2 rings (SSSR count). The molecule has 0 spiro atoms. The van der Waals surface area contributed by atoms with Gasteiger partial charge in [-0.3, -0.25) is 9.59 Å². The molecule has 82 valence electrons. The van der Waals surface area contributed by atoms with E-state index >= 15 is 0 Å². The number of anilines is 1. The quantitative estimate of drug-likeness (QED) is 0.607. The van der Waals surface area contributed by atoms with Crippen LogP contribution in [0.2, 0.25) is 0 Å². The highest BCUT2D eigenvalue weighted by atomic mass is 32.1. The fraction of sp³-hybridized carbons (Fsp3) is 0.167. The van der Waals surface area contributed by atoms with E-state index < -0.39 is 11.7 Å². The average molecular weight is 233 g/mol. The van der Waals surface area contributed by atoms with Crippen molar-refractivity contribution in [3.8, 4) is 0 Å². The van der Waals surface area contributed by atoms with Crippen molar-refractivity contribution in [2.45, 2.75) is 6.92 Å². The van der Waals surface area contributed by atoms with Crippen LogP contribution in [-0.2, 0) is 4.79 Å².